The van der Waals surface area contributed by atoms with E-state index in [1.807, 2.05) is 0 Å². The van der Waals surface area contributed by atoms with Crippen molar-refractivity contribution in [2.45, 2.75) is 0 Å². The van der Waals surface area contributed by atoms with Crippen LogP contribution in [0.25, 0.3) is 0 Å². The number of hydrogen-bond acceptors (Lipinski definition) is 12. The van der Waals surface area contributed by atoms with Gasteiger partial charge in [0.15, 0.2) is 0 Å². The van der Waals surface area contributed by atoms with E-state index in [1.165, 1.54) is 0 Å². The molecular formula is CH10O12Si8. The molecule has 6 aliphatic heterocycles. The highest BCUT2D eigenvalue weighted by molar-refractivity contribution is 6.80. The lowest BCUT2D eigenvalue weighted by molar-refractivity contribution is 0.0744. The molecule has 0 N–H and O–H groups in total. The summed E-state index contributed by atoms with van der Waals surface area (Å²) in [5.74, 6) is 0. The molecule has 6 fully saturated rings. The lowest BCUT2D eigenvalue weighted by atomic mass is 11.7. The van der Waals surface area contributed by atoms with Gasteiger partial charge in [-0.15, -0.1) is 0 Å². The Kier molecular flexibility index (Phi) is 4.14. The Morgan fingerprint density at radius 3 is 1.14 bits per heavy atom. The molecule has 0 aromatic heterocycles. The molecule has 6 saturated heterocycles. The maximum Gasteiger partial charge on any atom is 0.468 e. The zero-order valence-corrected chi connectivity index (χ0v) is 19.5. The van der Waals surface area contributed by atoms with E-state index in [2.05, 4.69) is 0 Å². The Bertz CT molecular complexity index is 339. The summed E-state index contributed by atoms with van der Waals surface area (Å²) in [6, 6.07) is 0. The molecule has 0 saturated carbocycles. The lowest BCUT2D eigenvalue weighted by Crippen LogP contribution is -2.63. The largest absolute Gasteiger partial charge is 0.468 e. The van der Waals surface area contributed by atoms with Gasteiger partial charge in [-0.2, -0.15) is 0 Å². The Hall–Kier alpha value is 1.26. The van der Waals surface area contributed by atoms with Crippen molar-refractivity contribution in [3.05, 3.63) is 0 Å². The van der Waals surface area contributed by atoms with Crippen LogP contribution in [0.3, 0.4) is 0 Å². The standard InChI is InChI=1S/CH10O12Si8/c1-2-15-5-18-7-16-3-14(1)4-17-8-19(6-15)12-21(11-18)13-20(9-16)10-17/h14-21H,1H2. The number of hydrogen-bond donors (Lipinski definition) is 0. The summed E-state index contributed by atoms with van der Waals surface area (Å²) in [6.45, 7) is 0. The molecule has 0 aromatic rings. The molecule has 6 aliphatic rings. The third-order valence-corrected chi connectivity index (χ3v) is 24.4. The average Bonchev–Trinajstić information content (AvgIpc) is 2.46. The maximum absolute atomic E-state index is 5.85. The molecule has 12 nitrogen and oxygen atoms in total. The van der Waals surface area contributed by atoms with Crippen molar-refractivity contribution >= 4 is 76.0 Å². The molecule has 0 aliphatic carbocycles. The fourth-order valence-electron chi connectivity index (χ4n) is 2.02. The van der Waals surface area contributed by atoms with Gasteiger partial charge in [0.2, 0.25) is 0 Å². The molecule has 6 rings (SSSR count). The quantitative estimate of drug-likeness (QED) is 0.336. The van der Waals surface area contributed by atoms with E-state index in [4.69, 9.17) is 49.7 Å². The average molecular weight is 439 g/mol. The Morgan fingerprint density at radius 1 is 0.381 bits per heavy atom. The molecule has 0 amide bonds. The highest BCUT2D eigenvalue weighted by Crippen LogP contribution is 2.23. The van der Waals surface area contributed by atoms with E-state index in [9.17, 15) is 0 Å². The fraction of sp³-hybridized carbons (Fsp3) is 1.00. The molecule has 8 bridgehead atoms. The number of fused-ring (bicyclic) bond motifs is 1. The zero-order valence-electron chi connectivity index (χ0n) is 10.2. The monoisotopic (exact) mass is 438 g/mol. The molecule has 4 unspecified atom stereocenters. The first kappa shape index (κ1) is 14.6. The van der Waals surface area contributed by atoms with Crippen LogP contribution in [0.1, 0.15) is 0 Å². The first-order valence-electron chi connectivity index (χ1n) is 6.12. The smallest absolute Gasteiger partial charge is 0.398 e. The summed E-state index contributed by atoms with van der Waals surface area (Å²) in [5, 5.41) is 0. The van der Waals surface area contributed by atoms with Crippen LogP contribution in [0.5, 0.6) is 0 Å². The molecule has 0 aromatic carbocycles. The van der Waals surface area contributed by atoms with Crippen LogP contribution in [0.2, 0.25) is 0 Å². The van der Waals surface area contributed by atoms with Gasteiger partial charge >= 0.3 is 76.0 Å². The summed E-state index contributed by atoms with van der Waals surface area (Å²) in [4.78, 5) is 0. The molecule has 118 valence electrons. The molecule has 4 atom stereocenters. The molecule has 21 heavy (non-hydrogen) atoms. The molecule has 20 heteroatoms. The molecule has 6 heterocycles. The second-order valence-electron chi connectivity index (χ2n) is 4.28. The van der Waals surface area contributed by atoms with Gasteiger partial charge in [-0.25, -0.2) is 0 Å². The zero-order chi connectivity index (χ0) is 13.8. The van der Waals surface area contributed by atoms with Gasteiger partial charge < -0.3 is 49.7 Å². The van der Waals surface area contributed by atoms with Crippen molar-refractivity contribution in [1.82, 2.24) is 0 Å². The molecule has 0 spiro atoms. The molecule has 0 radical (unpaired) electrons. The van der Waals surface area contributed by atoms with Crippen LogP contribution in [0.15, 0.2) is 0 Å². The predicted molar refractivity (Wildman–Crippen MR) is 75.1 cm³/mol. The predicted octanol–water partition coefficient (Wildman–Crippen LogP) is -5.97. The van der Waals surface area contributed by atoms with Gasteiger partial charge in [0.25, 0.3) is 0 Å². The second kappa shape index (κ2) is 5.96. The third kappa shape index (κ3) is 3.12. The van der Waals surface area contributed by atoms with E-state index in [0.717, 1.165) is 0 Å². The second-order valence-corrected chi connectivity index (χ2v) is 21.8. The van der Waals surface area contributed by atoms with Crippen LogP contribution in [0, 0.1) is 0 Å². The topological polar surface area (TPSA) is 111 Å². The van der Waals surface area contributed by atoms with Crippen LogP contribution < -0.4 is 0 Å². The first-order valence-corrected chi connectivity index (χ1v) is 17.8. The van der Waals surface area contributed by atoms with Crippen LogP contribution in [-0.2, 0) is 49.7 Å². The van der Waals surface area contributed by atoms with Gasteiger partial charge in [0.05, 0.1) is 6.23 Å². The Balaban J connectivity index is 1.57. The minimum Gasteiger partial charge on any atom is -0.398 e. The van der Waals surface area contributed by atoms with Crippen LogP contribution in [-0.4, -0.2) is 82.2 Å². The van der Waals surface area contributed by atoms with E-state index < -0.39 is 76.0 Å². The maximum atomic E-state index is 5.85. The minimum absolute atomic E-state index is 0.277. The van der Waals surface area contributed by atoms with E-state index in [0.29, 0.717) is 0 Å². The normalized spacial score (nSPS) is 56.0. The van der Waals surface area contributed by atoms with Crippen LogP contribution >= 0.6 is 0 Å². The van der Waals surface area contributed by atoms with Gasteiger partial charge in [-0.3, -0.25) is 0 Å². The van der Waals surface area contributed by atoms with E-state index >= 15 is 0 Å². The summed E-state index contributed by atoms with van der Waals surface area (Å²) >= 11 is 0. The van der Waals surface area contributed by atoms with E-state index in [-0.39, 0.29) is 6.23 Å². The summed E-state index contributed by atoms with van der Waals surface area (Å²) in [6.07, 6.45) is 0.277. The van der Waals surface area contributed by atoms with Crippen LogP contribution in [0.4, 0.5) is 0 Å². The summed E-state index contributed by atoms with van der Waals surface area (Å²) in [7, 11) is -19.8. The van der Waals surface area contributed by atoms with Crippen molar-refractivity contribution < 1.29 is 49.7 Å². The highest BCUT2D eigenvalue weighted by Gasteiger charge is 2.52. The van der Waals surface area contributed by atoms with Gasteiger partial charge in [-0.05, 0) is 0 Å². The van der Waals surface area contributed by atoms with Crippen molar-refractivity contribution in [1.29, 1.82) is 0 Å². The van der Waals surface area contributed by atoms with Crippen molar-refractivity contribution in [2.24, 2.45) is 0 Å². The Labute approximate surface area is 132 Å². The molecular weight excluding hydrogens is 429 g/mol. The third-order valence-electron chi connectivity index (χ3n) is 2.89. The fourth-order valence-corrected chi connectivity index (χ4v) is 29.7. The van der Waals surface area contributed by atoms with Crippen molar-refractivity contribution in [3.8, 4) is 0 Å². The SMILES string of the molecule is C1O[SiH]2O[SiH]3O[SiH]4O[SiH]1O[SiH]1O[SiH](O2)O[SiH](O3)O[SiH](O4)O1. The number of rotatable bonds is 0. The van der Waals surface area contributed by atoms with Gasteiger partial charge in [-0.1, -0.05) is 0 Å². The van der Waals surface area contributed by atoms with Gasteiger partial charge in [0.1, 0.15) is 0 Å². The van der Waals surface area contributed by atoms with Crippen molar-refractivity contribution in [2.75, 3.05) is 6.23 Å². The van der Waals surface area contributed by atoms with E-state index in [1.54, 1.807) is 0 Å². The van der Waals surface area contributed by atoms with Crippen molar-refractivity contribution in [3.63, 3.8) is 0 Å². The summed E-state index contributed by atoms with van der Waals surface area (Å²) in [5.41, 5.74) is 0. The summed E-state index contributed by atoms with van der Waals surface area (Å²) < 4.78 is 69.2. The highest BCUT2D eigenvalue weighted by atomic mass is 28.6. The lowest BCUT2D eigenvalue weighted by Gasteiger charge is -2.40. The first-order chi connectivity index (χ1) is 10.3. The van der Waals surface area contributed by atoms with Gasteiger partial charge in [0, 0.05) is 0 Å². The Morgan fingerprint density at radius 2 is 0.714 bits per heavy atom. The minimum atomic E-state index is -2.54.